The lowest BCUT2D eigenvalue weighted by atomic mass is 9.99. The topological polar surface area (TPSA) is 236 Å². The van der Waals surface area contributed by atoms with E-state index in [0.717, 1.165) is 0 Å². The van der Waals surface area contributed by atoms with E-state index in [0.29, 0.717) is 45.3 Å². The maximum absolute atomic E-state index is 10.2. The molecule has 16 nitrogen and oxygen atoms in total. The molecule has 0 spiro atoms. The normalized spacial score (nSPS) is 28.2. The highest BCUT2D eigenvalue weighted by Gasteiger charge is 2.45. The lowest BCUT2D eigenvalue weighted by molar-refractivity contribution is -0.298. The highest BCUT2D eigenvalue weighted by Crippen LogP contribution is 2.31. The molecular formula is C36H42O16. The summed E-state index contributed by atoms with van der Waals surface area (Å²) >= 11 is 0. The molecule has 8 N–H and O–H groups in total. The Labute approximate surface area is 299 Å². The predicted molar refractivity (Wildman–Crippen MR) is 178 cm³/mol. The van der Waals surface area contributed by atoms with Crippen molar-refractivity contribution in [1.82, 2.24) is 0 Å². The second-order valence-corrected chi connectivity index (χ2v) is 11.4. The van der Waals surface area contributed by atoms with Crippen LogP contribution in [0.1, 0.15) is 22.3 Å². The van der Waals surface area contributed by atoms with Gasteiger partial charge in [0.25, 0.3) is 0 Å². The third-order valence-electron chi connectivity index (χ3n) is 8.16. The maximum atomic E-state index is 10.2. The summed E-state index contributed by atoms with van der Waals surface area (Å²) in [5.74, 6) is 18.9. The number of methoxy groups -OCH3 is 4. The van der Waals surface area contributed by atoms with Gasteiger partial charge in [0.1, 0.15) is 85.0 Å². The smallest absolute Gasteiger partial charge is 0.187 e. The Morgan fingerprint density at radius 1 is 0.481 bits per heavy atom. The molecule has 0 unspecified atom stereocenters. The highest BCUT2D eigenvalue weighted by molar-refractivity contribution is 5.63. The second kappa shape index (κ2) is 19.1. The lowest BCUT2D eigenvalue weighted by Crippen LogP contribution is -2.59. The van der Waals surface area contributed by atoms with Crippen LogP contribution in [-0.2, 0) is 18.9 Å². The van der Waals surface area contributed by atoms with Gasteiger partial charge in [-0.05, 0) is 0 Å². The van der Waals surface area contributed by atoms with E-state index >= 15 is 0 Å². The molecule has 2 aromatic carbocycles. The van der Waals surface area contributed by atoms with Gasteiger partial charge < -0.3 is 78.7 Å². The summed E-state index contributed by atoms with van der Waals surface area (Å²) in [5.41, 5.74) is 1.77. The standard InChI is InChI=1S/C36H42O16/c1-45-23-15-21(25(47-3)13-19(23)7-5-11-49-35-33(43)31(41)29(39)27(17-37)51-35)9-10-22-16-24(46-2)20(14-26(22)48-4)8-6-12-50-36-34(44)32(42)30(40)28(18-38)52-36/h13-16,27-44H,11-12,17-18H2,1-4H3/t27-,28-,29-,30-,31+,32+,33-,34-,35-,36-/m1/s1. The maximum Gasteiger partial charge on any atom is 0.187 e. The van der Waals surface area contributed by atoms with E-state index in [1.54, 1.807) is 24.3 Å². The minimum Gasteiger partial charge on any atom is -0.495 e. The number of benzene rings is 2. The van der Waals surface area contributed by atoms with E-state index in [1.165, 1.54) is 28.4 Å². The minimum atomic E-state index is -1.57. The molecule has 0 saturated carbocycles. The lowest BCUT2D eigenvalue weighted by Gasteiger charge is -2.39. The molecule has 52 heavy (non-hydrogen) atoms. The molecule has 2 aliphatic rings. The Balaban J connectivity index is 1.49. The number of hydrogen-bond acceptors (Lipinski definition) is 16. The van der Waals surface area contributed by atoms with Crippen molar-refractivity contribution in [1.29, 1.82) is 0 Å². The van der Waals surface area contributed by atoms with Gasteiger partial charge in [0, 0.05) is 24.3 Å². The van der Waals surface area contributed by atoms with E-state index in [4.69, 9.17) is 37.9 Å². The monoisotopic (exact) mass is 730 g/mol. The minimum absolute atomic E-state index is 0.233. The van der Waals surface area contributed by atoms with Crippen molar-refractivity contribution >= 4 is 0 Å². The Morgan fingerprint density at radius 2 is 0.788 bits per heavy atom. The van der Waals surface area contributed by atoms with Crippen LogP contribution in [0.25, 0.3) is 0 Å². The molecule has 282 valence electrons. The van der Waals surface area contributed by atoms with E-state index in [-0.39, 0.29) is 13.2 Å². The van der Waals surface area contributed by atoms with Crippen molar-refractivity contribution in [3.8, 4) is 58.5 Å². The summed E-state index contributed by atoms with van der Waals surface area (Å²) in [6, 6.07) is 6.50. The first-order chi connectivity index (χ1) is 25.0. The average Bonchev–Trinajstić information content (AvgIpc) is 3.16. The van der Waals surface area contributed by atoms with Crippen LogP contribution < -0.4 is 18.9 Å². The largest absolute Gasteiger partial charge is 0.495 e. The van der Waals surface area contributed by atoms with E-state index in [1.807, 2.05) is 0 Å². The zero-order valence-corrected chi connectivity index (χ0v) is 28.8. The summed E-state index contributed by atoms with van der Waals surface area (Å²) in [4.78, 5) is 0. The van der Waals surface area contributed by atoms with Crippen LogP contribution in [0, 0.1) is 35.5 Å². The van der Waals surface area contributed by atoms with Gasteiger partial charge in [-0.15, -0.1) is 0 Å². The number of ether oxygens (including phenoxy) is 8. The fraction of sp³-hybridized carbons (Fsp3) is 0.500. The fourth-order valence-corrected chi connectivity index (χ4v) is 5.24. The van der Waals surface area contributed by atoms with Crippen molar-refractivity contribution in [3.05, 3.63) is 46.5 Å². The van der Waals surface area contributed by atoms with Crippen LogP contribution in [0.2, 0.25) is 0 Å². The predicted octanol–water partition coefficient (Wildman–Crippen LogP) is -2.54. The summed E-state index contributed by atoms with van der Waals surface area (Å²) in [6.45, 7) is -1.64. The molecule has 0 amide bonds. The Morgan fingerprint density at radius 3 is 1.08 bits per heavy atom. The molecule has 0 bridgehead atoms. The second-order valence-electron chi connectivity index (χ2n) is 11.4. The van der Waals surface area contributed by atoms with Crippen molar-refractivity contribution in [2.45, 2.75) is 61.4 Å². The first-order valence-corrected chi connectivity index (χ1v) is 15.9. The zero-order valence-electron chi connectivity index (χ0n) is 28.8. The summed E-state index contributed by atoms with van der Waals surface area (Å²) in [7, 11) is 5.84. The molecule has 2 heterocycles. The van der Waals surface area contributed by atoms with Gasteiger partial charge in [-0.2, -0.15) is 0 Å². The molecule has 2 aliphatic heterocycles. The molecule has 2 fully saturated rings. The van der Waals surface area contributed by atoms with Crippen LogP contribution in [0.5, 0.6) is 23.0 Å². The summed E-state index contributed by atoms with van der Waals surface area (Å²) < 4.78 is 43.6. The quantitative estimate of drug-likeness (QED) is 0.118. The van der Waals surface area contributed by atoms with Crippen LogP contribution in [0.15, 0.2) is 24.3 Å². The number of aliphatic hydroxyl groups excluding tert-OH is 8. The molecule has 0 aliphatic carbocycles. The number of aliphatic hydroxyl groups is 8. The van der Waals surface area contributed by atoms with Gasteiger partial charge in [-0.25, -0.2) is 0 Å². The molecule has 16 heteroatoms. The van der Waals surface area contributed by atoms with Gasteiger partial charge in [0.05, 0.1) is 63.9 Å². The van der Waals surface area contributed by atoms with Crippen molar-refractivity contribution in [2.75, 3.05) is 54.9 Å². The molecule has 0 radical (unpaired) electrons. The Hall–Kier alpha value is -4.16. The van der Waals surface area contributed by atoms with Crippen molar-refractivity contribution < 1.29 is 78.7 Å². The summed E-state index contributed by atoms with van der Waals surface area (Å²) in [6.07, 6.45) is -14.1. The Bertz CT molecular complexity index is 1570. The van der Waals surface area contributed by atoms with Gasteiger partial charge in [0.15, 0.2) is 12.6 Å². The van der Waals surface area contributed by atoms with Crippen LogP contribution in [-0.4, -0.2) is 157 Å². The molecule has 0 aromatic heterocycles. The highest BCUT2D eigenvalue weighted by atomic mass is 16.7. The van der Waals surface area contributed by atoms with Gasteiger partial charge in [-0.1, -0.05) is 35.5 Å². The van der Waals surface area contributed by atoms with Crippen LogP contribution in [0.4, 0.5) is 0 Å². The Kier molecular flexibility index (Phi) is 14.9. The van der Waals surface area contributed by atoms with Gasteiger partial charge in [0.2, 0.25) is 0 Å². The number of rotatable bonds is 10. The van der Waals surface area contributed by atoms with E-state index in [2.05, 4.69) is 35.5 Å². The molecule has 2 saturated heterocycles. The first-order valence-electron chi connectivity index (χ1n) is 15.9. The van der Waals surface area contributed by atoms with Gasteiger partial charge in [-0.3, -0.25) is 0 Å². The van der Waals surface area contributed by atoms with E-state index < -0.39 is 74.6 Å². The molecular weight excluding hydrogens is 688 g/mol. The molecule has 4 rings (SSSR count). The third-order valence-corrected chi connectivity index (χ3v) is 8.16. The van der Waals surface area contributed by atoms with E-state index in [9.17, 15) is 40.9 Å². The zero-order chi connectivity index (χ0) is 37.9. The first kappa shape index (κ1) is 40.6. The fourth-order valence-electron chi connectivity index (χ4n) is 5.24. The van der Waals surface area contributed by atoms with Crippen molar-refractivity contribution in [2.24, 2.45) is 0 Å². The van der Waals surface area contributed by atoms with Crippen LogP contribution in [0.3, 0.4) is 0 Å². The number of hydrogen-bond donors (Lipinski definition) is 8. The SMILES string of the molecule is COc1cc(C#Cc2cc(OC)c(C#CCO[C@@H]3O[C@H](CO)[C@@H](O)[C@H](O)[C@H]3O)cc2OC)c(OC)cc1C#CCO[C@@H]1O[C@H](CO)[C@@H](O)[C@H](O)[C@H]1O. The third kappa shape index (κ3) is 9.43. The van der Waals surface area contributed by atoms with Gasteiger partial charge >= 0.3 is 0 Å². The summed E-state index contributed by atoms with van der Waals surface area (Å²) in [5, 5.41) is 78.8. The molecule has 2 aromatic rings. The molecule has 10 atom stereocenters. The average molecular weight is 731 g/mol. The van der Waals surface area contributed by atoms with Crippen LogP contribution >= 0.6 is 0 Å². The van der Waals surface area contributed by atoms with Crippen molar-refractivity contribution in [3.63, 3.8) is 0 Å².